The van der Waals surface area contributed by atoms with Crippen molar-refractivity contribution in [2.45, 2.75) is 98.5 Å². The lowest BCUT2D eigenvalue weighted by Gasteiger charge is -2.27. The molecule has 590 valence electrons. The highest BCUT2D eigenvalue weighted by Crippen LogP contribution is 2.32. The van der Waals surface area contributed by atoms with Crippen LogP contribution in [0.5, 0.6) is 28.7 Å². The topological polar surface area (TPSA) is 282 Å². The second-order valence-corrected chi connectivity index (χ2v) is 26.1. The fourth-order valence-corrected chi connectivity index (χ4v) is 10.2. The van der Waals surface area contributed by atoms with Gasteiger partial charge < -0.3 is 65.4 Å². The second kappa shape index (κ2) is 41.2. The number of rotatable bonds is 30. The molecule has 26 heteroatoms. The maximum absolute atomic E-state index is 13.1. The molecule has 0 bridgehead atoms. The predicted molar refractivity (Wildman–Crippen MR) is 421 cm³/mol. The summed E-state index contributed by atoms with van der Waals surface area (Å²) >= 11 is 0. The van der Waals surface area contributed by atoms with E-state index in [0.717, 1.165) is 62.7 Å². The summed E-state index contributed by atoms with van der Waals surface area (Å²) in [5.74, 6) is -1.82. The molecule has 0 amide bonds. The zero-order valence-electron chi connectivity index (χ0n) is 61.5. The number of hydrogen-bond donors (Lipinski definition) is 8. The van der Waals surface area contributed by atoms with Gasteiger partial charge in [-0.05, 0) is 213 Å². The molecule has 0 saturated heterocycles. The molecule has 9 aromatic carbocycles. The number of carbonyl (C=O) groups is 4. The first-order chi connectivity index (χ1) is 54.1. The van der Waals surface area contributed by atoms with Crippen LogP contribution >= 0.6 is 0 Å². The van der Waals surface area contributed by atoms with Crippen LogP contribution in [0, 0.1) is 17.5 Å². The monoisotopic (exact) mass is 1560 g/mol. The molecule has 20 nitrogen and oxygen atoms in total. The molecule has 0 atom stereocenters. The number of benzene rings is 9. The number of nitrogens with zero attached hydrogens (tertiary/aromatic N) is 3. The van der Waals surface area contributed by atoms with E-state index in [0.29, 0.717) is 85.1 Å². The summed E-state index contributed by atoms with van der Waals surface area (Å²) in [4.78, 5) is 56.7. The summed E-state index contributed by atoms with van der Waals surface area (Å²) < 4.78 is 105. The van der Waals surface area contributed by atoms with Crippen LogP contribution in [0.3, 0.4) is 0 Å². The Kier molecular flexibility index (Phi) is 31.0. The zero-order valence-corrected chi connectivity index (χ0v) is 61.5. The molecular weight excluding hydrogens is 1480 g/mol. The van der Waals surface area contributed by atoms with E-state index < -0.39 is 46.8 Å². The molecule has 0 unspecified atom stereocenters. The Morgan fingerprint density at radius 2 is 0.728 bits per heavy atom. The number of hydrogen-bond acceptors (Lipinski definition) is 16. The van der Waals surface area contributed by atoms with E-state index in [1.54, 1.807) is 128 Å². The highest BCUT2D eigenvalue weighted by Gasteiger charge is 2.31. The maximum atomic E-state index is 13.1. The van der Waals surface area contributed by atoms with Crippen molar-refractivity contribution in [3.63, 3.8) is 0 Å². The number of pyridine rings is 3. The van der Waals surface area contributed by atoms with Crippen LogP contribution in [0.25, 0.3) is 0 Å². The highest BCUT2D eigenvalue weighted by atomic mass is 19.4. The molecule has 0 fully saturated rings. The number of aromatic carboxylic acids is 3. The van der Waals surface area contributed by atoms with Gasteiger partial charge in [0.05, 0.1) is 64.8 Å². The SMILES string of the molecule is C.CC(C)(Oc1ccc(CNc2cccc(C(=O)O)c2)cc1)c1ccc(F)cc1.CC(C)(Oc1cccc(NCc2ccc(OCc3ccc(F)cc3)cn2)c1)C(=O)O.O=C(O)c1cccc(NCc2ccc(OCc3ccc(F)cc3)cn2)c1.O=C(O)c1cncc(NCc2ccc(OCc3ccc(C(F)(F)F)cc3)cc2)c1. The van der Waals surface area contributed by atoms with Crippen molar-refractivity contribution in [2.75, 3.05) is 21.3 Å². The number of nitrogens with one attached hydrogen (secondary N) is 4. The summed E-state index contributed by atoms with van der Waals surface area (Å²) in [5, 5.41) is 48.9. The Labute approximate surface area is 654 Å². The minimum Gasteiger partial charge on any atom is -0.489 e. The van der Waals surface area contributed by atoms with Gasteiger partial charge >= 0.3 is 30.1 Å². The summed E-state index contributed by atoms with van der Waals surface area (Å²) in [6, 6.07) is 67.5. The molecule has 0 spiro atoms. The molecule has 114 heavy (non-hydrogen) atoms. The second-order valence-electron chi connectivity index (χ2n) is 26.1. The lowest BCUT2D eigenvalue weighted by molar-refractivity contribution is -0.152. The zero-order chi connectivity index (χ0) is 80.9. The number of aliphatic carboxylic acids is 1. The Bertz CT molecular complexity index is 5070. The summed E-state index contributed by atoms with van der Waals surface area (Å²) in [6.45, 7) is 9.65. The molecule has 0 radical (unpaired) electrons. The number of carboxylic acid groups (broad SMARTS) is 4. The van der Waals surface area contributed by atoms with Gasteiger partial charge in [-0.25, -0.2) is 32.3 Å². The minimum atomic E-state index is -4.35. The normalized spacial score (nSPS) is 10.8. The van der Waals surface area contributed by atoms with Gasteiger partial charge in [0, 0.05) is 48.6 Å². The lowest BCUT2D eigenvalue weighted by Crippen LogP contribution is -2.37. The third-order valence-electron chi connectivity index (χ3n) is 16.5. The number of alkyl halides is 3. The predicted octanol–water partition coefficient (Wildman–Crippen LogP) is 19.8. The van der Waals surface area contributed by atoms with E-state index in [9.17, 15) is 50.6 Å². The number of halogens is 6. The van der Waals surface area contributed by atoms with Crippen LogP contribution in [0.2, 0.25) is 0 Å². The maximum Gasteiger partial charge on any atom is 0.416 e. The van der Waals surface area contributed by atoms with E-state index in [2.05, 4.69) is 36.2 Å². The van der Waals surface area contributed by atoms with Crippen LogP contribution in [0.4, 0.5) is 49.1 Å². The van der Waals surface area contributed by atoms with Crippen molar-refractivity contribution < 1.29 is 89.6 Å². The van der Waals surface area contributed by atoms with Crippen molar-refractivity contribution in [2.24, 2.45) is 0 Å². The Morgan fingerprint density at radius 3 is 1.16 bits per heavy atom. The summed E-state index contributed by atoms with van der Waals surface area (Å²) in [7, 11) is 0. The van der Waals surface area contributed by atoms with Gasteiger partial charge in [0.1, 0.15) is 71.6 Å². The van der Waals surface area contributed by atoms with Crippen molar-refractivity contribution in [3.05, 3.63) is 358 Å². The van der Waals surface area contributed by atoms with E-state index in [4.69, 9.17) is 39.0 Å². The summed E-state index contributed by atoms with van der Waals surface area (Å²) in [5.41, 5.74) is 7.64. The average Bonchev–Trinajstić information content (AvgIpc) is 0.767. The van der Waals surface area contributed by atoms with Crippen LogP contribution in [-0.2, 0) is 62.6 Å². The minimum absolute atomic E-state index is 0. The molecule has 8 N–H and O–H groups in total. The van der Waals surface area contributed by atoms with Crippen molar-refractivity contribution in [1.82, 2.24) is 15.0 Å². The van der Waals surface area contributed by atoms with Crippen LogP contribution < -0.4 is 45.0 Å². The average molecular weight is 1560 g/mol. The molecule has 0 aliphatic carbocycles. The van der Waals surface area contributed by atoms with Crippen LogP contribution in [0.15, 0.2) is 274 Å². The number of carboxylic acids is 4. The molecule has 3 aromatic heterocycles. The third-order valence-corrected chi connectivity index (χ3v) is 16.5. The summed E-state index contributed by atoms with van der Waals surface area (Å²) in [6.07, 6.45) is 1.71. The van der Waals surface area contributed by atoms with E-state index in [1.807, 2.05) is 80.6 Å². The highest BCUT2D eigenvalue weighted by molar-refractivity contribution is 5.89. The molecule has 0 aliphatic rings. The fraction of sp³-hybridized carbons (Fsp3) is 0.170. The van der Waals surface area contributed by atoms with Gasteiger partial charge in [0.25, 0.3) is 0 Å². The van der Waals surface area contributed by atoms with Gasteiger partial charge in [0.15, 0.2) is 5.60 Å². The lowest BCUT2D eigenvalue weighted by atomic mass is 9.98. The van der Waals surface area contributed by atoms with E-state index >= 15 is 0 Å². The smallest absolute Gasteiger partial charge is 0.416 e. The van der Waals surface area contributed by atoms with E-state index in [1.165, 1.54) is 80.8 Å². The largest absolute Gasteiger partial charge is 0.489 e. The Hall–Kier alpha value is -13.9. The van der Waals surface area contributed by atoms with Gasteiger partial charge in [-0.3, -0.25) is 15.0 Å². The molecule has 12 aromatic rings. The number of anilines is 4. The number of aromatic nitrogens is 3. The fourth-order valence-electron chi connectivity index (χ4n) is 10.2. The Balaban J connectivity index is 0.000000190. The molecular formula is C88H83F6N7O13. The first-order valence-corrected chi connectivity index (χ1v) is 35.0. The van der Waals surface area contributed by atoms with E-state index in [-0.39, 0.29) is 48.2 Å². The van der Waals surface area contributed by atoms with Gasteiger partial charge in [-0.1, -0.05) is 98.4 Å². The molecule has 12 rings (SSSR count). The molecule has 0 saturated carbocycles. The first kappa shape index (κ1) is 85.7. The van der Waals surface area contributed by atoms with Crippen molar-refractivity contribution >= 4 is 46.6 Å². The van der Waals surface area contributed by atoms with Crippen molar-refractivity contribution in [3.8, 4) is 28.7 Å². The molecule has 0 aliphatic heterocycles. The third kappa shape index (κ3) is 28.2. The van der Waals surface area contributed by atoms with Crippen LogP contribution in [0.1, 0.15) is 117 Å². The first-order valence-electron chi connectivity index (χ1n) is 35.0. The van der Waals surface area contributed by atoms with Gasteiger partial charge in [0.2, 0.25) is 0 Å². The van der Waals surface area contributed by atoms with Gasteiger partial charge in [-0.2, -0.15) is 13.2 Å². The van der Waals surface area contributed by atoms with Crippen molar-refractivity contribution in [1.29, 1.82) is 0 Å². The number of ether oxygens (including phenoxy) is 5. The molecule has 3 heterocycles. The quantitative estimate of drug-likeness (QED) is 0.0194. The standard InChI is InChI=1S/C23H23FN2O4.C23H22FNO3.C21H17F3N2O3.C20H17FN2O3.CH4/c1-23(2,22(27)28)30-20-5-3-4-18(12-20)25-13-19-10-11-21(14-26-19)29-15-16-6-8-17(24)9-7-16;1-23(2,18-8-10-19(24)11-9-18)28-21-12-6-16(7-13-21)15-25-20-5-3-4-17(14-20)22(26)27;22-21(23,24)17-5-1-15(2-6-17)13-29-19-7-3-14(4-8-19)10-26-18-9-16(20(27)28)11-25-12-18;21-16-6-4-14(5-7-16)13-26-19-9-8-18(23-12-19)11-22-17-3-1-2-15(10-17)20(24)25;/h3-12,14,25H,13,15H2,1-2H3,(H,27,28);3-14,25H,15H2,1-2H3,(H,26,27);1-9,11-12,26H,10,13H2,(H,27,28);1-10,12,22H,11,13H2,(H,24,25);1H4. The van der Waals surface area contributed by atoms with Gasteiger partial charge in [-0.15, -0.1) is 0 Å². The Morgan fingerprint density at radius 1 is 0.360 bits per heavy atom. The van der Waals surface area contributed by atoms with Crippen LogP contribution in [-0.4, -0.2) is 64.9 Å².